The lowest BCUT2D eigenvalue weighted by atomic mass is 10.0. The predicted octanol–water partition coefficient (Wildman–Crippen LogP) is -0.0634. The van der Waals surface area contributed by atoms with Crippen LogP contribution in [0, 0.1) is 0 Å². The molecule has 0 aliphatic carbocycles. The minimum Gasteiger partial charge on any atom is -0.467 e. The topological polar surface area (TPSA) is 117 Å². The highest BCUT2D eigenvalue weighted by Crippen LogP contribution is 2.22. The SMILES string of the molecule is COC(=O)[C@@H](NC(=O)[C@H](C)NC(=O)CN1CCOCC1)[C@H](O)c1ccc(SC)cc1. The van der Waals surface area contributed by atoms with E-state index in [2.05, 4.69) is 10.6 Å². The van der Waals surface area contributed by atoms with Crippen molar-refractivity contribution in [1.29, 1.82) is 0 Å². The second kappa shape index (κ2) is 11.9. The van der Waals surface area contributed by atoms with Gasteiger partial charge in [-0.1, -0.05) is 12.1 Å². The van der Waals surface area contributed by atoms with E-state index in [0.717, 1.165) is 4.90 Å². The van der Waals surface area contributed by atoms with Crippen molar-refractivity contribution < 1.29 is 29.0 Å². The first-order valence-corrected chi connectivity index (χ1v) is 10.9. The number of hydrogen-bond donors (Lipinski definition) is 3. The molecule has 10 heteroatoms. The molecule has 0 aromatic heterocycles. The number of rotatable bonds is 9. The van der Waals surface area contributed by atoms with Crippen LogP contribution in [0.3, 0.4) is 0 Å². The molecular formula is C20H29N3O6S. The molecule has 0 unspecified atom stereocenters. The molecule has 9 nitrogen and oxygen atoms in total. The van der Waals surface area contributed by atoms with E-state index in [1.165, 1.54) is 14.0 Å². The molecule has 2 rings (SSSR count). The zero-order valence-corrected chi connectivity index (χ0v) is 18.2. The van der Waals surface area contributed by atoms with Crippen molar-refractivity contribution >= 4 is 29.5 Å². The fraction of sp³-hybridized carbons (Fsp3) is 0.550. The van der Waals surface area contributed by atoms with Gasteiger partial charge in [-0.15, -0.1) is 11.8 Å². The Labute approximate surface area is 180 Å². The monoisotopic (exact) mass is 439 g/mol. The molecule has 30 heavy (non-hydrogen) atoms. The van der Waals surface area contributed by atoms with Gasteiger partial charge in [-0.05, 0) is 30.9 Å². The molecule has 0 spiro atoms. The first kappa shape index (κ1) is 24.1. The summed E-state index contributed by atoms with van der Waals surface area (Å²) < 4.78 is 9.98. The summed E-state index contributed by atoms with van der Waals surface area (Å²) in [6.45, 7) is 4.12. The van der Waals surface area contributed by atoms with Crippen LogP contribution < -0.4 is 10.6 Å². The third kappa shape index (κ3) is 6.98. The highest BCUT2D eigenvalue weighted by molar-refractivity contribution is 7.98. The largest absolute Gasteiger partial charge is 0.467 e. The van der Waals surface area contributed by atoms with Crippen LogP contribution in [-0.4, -0.2) is 86.1 Å². The Bertz CT molecular complexity index is 724. The van der Waals surface area contributed by atoms with Crippen molar-refractivity contribution in [3.05, 3.63) is 29.8 Å². The zero-order chi connectivity index (χ0) is 22.1. The van der Waals surface area contributed by atoms with Gasteiger partial charge in [0.15, 0.2) is 6.04 Å². The van der Waals surface area contributed by atoms with Gasteiger partial charge in [0.2, 0.25) is 11.8 Å². The van der Waals surface area contributed by atoms with Gasteiger partial charge < -0.3 is 25.2 Å². The van der Waals surface area contributed by atoms with Gasteiger partial charge in [0.05, 0.1) is 26.9 Å². The van der Waals surface area contributed by atoms with Crippen molar-refractivity contribution in [2.24, 2.45) is 0 Å². The first-order chi connectivity index (χ1) is 14.3. The summed E-state index contributed by atoms with van der Waals surface area (Å²) in [6, 6.07) is 4.80. The molecule has 1 aromatic rings. The first-order valence-electron chi connectivity index (χ1n) is 9.65. The highest BCUT2D eigenvalue weighted by atomic mass is 32.2. The Morgan fingerprint density at radius 1 is 1.20 bits per heavy atom. The van der Waals surface area contributed by atoms with Crippen molar-refractivity contribution in [3.8, 4) is 0 Å². The van der Waals surface area contributed by atoms with Gasteiger partial charge in [-0.3, -0.25) is 14.5 Å². The van der Waals surface area contributed by atoms with Crippen LogP contribution in [0.15, 0.2) is 29.2 Å². The second-order valence-electron chi connectivity index (χ2n) is 6.91. The van der Waals surface area contributed by atoms with E-state index in [9.17, 15) is 19.5 Å². The molecule has 1 heterocycles. The molecule has 0 radical (unpaired) electrons. The Morgan fingerprint density at radius 3 is 2.40 bits per heavy atom. The molecule has 0 saturated carbocycles. The lowest BCUT2D eigenvalue weighted by Crippen LogP contribution is -2.54. The van der Waals surface area contributed by atoms with Crippen LogP contribution in [-0.2, 0) is 23.9 Å². The molecule has 1 saturated heterocycles. The maximum atomic E-state index is 12.6. The minimum absolute atomic E-state index is 0.159. The van der Waals surface area contributed by atoms with Crippen LogP contribution in [0.5, 0.6) is 0 Å². The van der Waals surface area contributed by atoms with Gasteiger partial charge in [0.25, 0.3) is 0 Å². The number of nitrogens with zero attached hydrogens (tertiary/aromatic N) is 1. The van der Waals surface area contributed by atoms with E-state index in [-0.39, 0.29) is 12.5 Å². The fourth-order valence-electron chi connectivity index (χ4n) is 2.98. The summed E-state index contributed by atoms with van der Waals surface area (Å²) >= 11 is 1.55. The Kier molecular flexibility index (Phi) is 9.57. The average molecular weight is 440 g/mol. The fourth-order valence-corrected chi connectivity index (χ4v) is 3.39. The van der Waals surface area contributed by atoms with Gasteiger partial charge in [0, 0.05) is 18.0 Å². The van der Waals surface area contributed by atoms with E-state index in [4.69, 9.17) is 9.47 Å². The van der Waals surface area contributed by atoms with Crippen molar-refractivity contribution in [2.75, 3.05) is 46.2 Å². The van der Waals surface area contributed by atoms with Gasteiger partial charge in [-0.25, -0.2) is 4.79 Å². The summed E-state index contributed by atoms with van der Waals surface area (Å²) in [5, 5.41) is 15.7. The Balaban J connectivity index is 1.97. The molecule has 166 valence electrons. The van der Waals surface area contributed by atoms with E-state index >= 15 is 0 Å². The molecule has 3 atom stereocenters. The number of aliphatic hydroxyl groups is 1. The molecule has 0 bridgehead atoms. The summed E-state index contributed by atoms with van der Waals surface area (Å²) in [4.78, 5) is 39.9. The quantitative estimate of drug-likeness (QED) is 0.362. The lowest BCUT2D eigenvalue weighted by molar-refractivity contribution is -0.148. The number of morpholine rings is 1. The number of esters is 1. The minimum atomic E-state index is -1.30. The number of nitrogens with one attached hydrogen (secondary N) is 2. The number of thioether (sulfide) groups is 1. The number of carbonyl (C=O) groups is 3. The zero-order valence-electron chi connectivity index (χ0n) is 17.4. The number of benzene rings is 1. The van der Waals surface area contributed by atoms with Crippen LogP contribution in [0.25, 0.3) is 0 Å². The van der Waals surface area contributed by atoms with Crippen molar-refractivity contribution in [2.45, 2.75) is 30.0 Å². The molecule has 1 fully saturated rings. The number of hydrogen-bond acceptors (Lipinski definition) is 8. The smallest absolute Gasteiger partial charge is 0.331 e. The van der Waals surface area contributed by atoms with Gasteiger partial charge in [0.1, 0.15) is 12.1 Å². The average Bonchev–Trinajstić information content (AvgIpc) is 2.76. The van der Waals surface area contributed by atoms with E-state index in [1.807, 2.05) is 23.3 Å². The molecule has 1 aliphatic rings. The number of methoxy groups -OCH3 is 1. The summed E-state index contributed by atoms with van der Waals surface area (Å²) in [7, 11) is 1.18. The maximum absolute atomic E-state index is 12.6. The molecular weight excluding hydrogens is 410 g/mol. The molecule has 1 aromatic carbocycles. The molecule has 1 aliphatic heterocycles. The highest BCUT2D eigenvalue weighted by Gasteiger charge is 2.32. The van der Waals surface area contributed by atoms with Crippen molar-refractivity contribution in [1.82, 2.24) is 15.5 Å². The predicted molar refractivity (Wildman–Crippen MR) is 112 cm³/mol. The third-order valence-corrected chi connectivity index (χ3v) is 5.51. The summed E-state index contributed by atoms with van der Waals surface area (Å²) in [6.07, 6.45) is 0.631. The molecule has 3 N–H and O–H groups in total. The number of aliphatic hydroxyl groups excluding tert-OH is 1. The van der Waals surface area contributed by atoms with Crippen LogP contribution >= 0.6 is 11.8 Å². The van der Waals surface area contributed by atoms with Gasteiger partial charge in [-0.2, -0.15) is 0 Å². The molecule has 2 amide bonds. The van der Waals surface area contributed by atoms with Crippen LogP contribution in [0.4, 0.5) is 0 Å². The second-order valence-corrected chi connectivity index (χ2v) is 7.78. The van der Waals surface area contributed by atoms with E-state index in [1.54, 1.807) is 23.9 Å². The van der Waals surface area contributed by atoms with Gasteiger partial charge >= 0.3 is 5.97 Å². The van der Waals surface area contributed by atoms with E-state index < -0.39 is 30.1 Å². The lowest BCUT2D eigenvalue weighted by Gasteiger charge is -2.27. The Hall–Kier alpha value is -2.14. The normalized spacial score (nSPS) is 17.5. The number of amides is 2. The maximum Gasteiger partial charge on any atom is 0.331 e. The summed E-state index contributed by atoms with van der Waals surface area (Å²) in [5.41, 5.74) is 0.465. The summed E-state index contributed by atoms with van der Waals surface area (Å²) in [5.74, 6) is -1.68. The third-order valence-electron chi connectivity index (χ3n) is 4.77. The van der Waals surface area contributed by atoms with E-state index in [0.29, 0.717) is 31.9 Å². The number of carbonyl (C=O) groups excluding carboxylic acids is 3. The standard InChI is InChI=1S/C20H29N3O6S/c1-13(21-16(24)12-23-8-10-29-11-9-23)19(26)22-17(20(27)28-2)18(25)14-4-6-15(30-3)7-5-14/h4-7,13,17-18,25H,8-12H2,1-3H3,(H,21,24)(H,22,26)/t13-,17-,18+/m0/s1. The Morgan fingerprint density at radius 2 is 1.83 bits per heavy atom. The van der Waals surface area contributed by atoms with Crippen molar-refractivity contribution in [3.63, 3.8) is 0 Å². The number of ether oxygens (including phenoxy) is 2. The van der Waals surface area contributed by atoms with Crippen LogP contribution in [0.2, 0.25) is 0 Å². The van der Waals surface area contributed by atoms with Crippen LogP contribution in [0.1, 0.15) is 18.6 Å².